The molecule has 1 aromatic heterocycles. The molecule has 2 N–H and O–H groups in total. The van der Waals surface area contributed by atoms with Crippen molar-refractivity contribution >= 4 is 43.8 Å². The number of hydrogen-bond acceptors (Lipinski definition) is 6. The van der Waals surface area contributed by atoms with E-state index in [4.69, 9.17) is 11.6 Å². The standard InChI is InChI=1S/C18H21ClF4N4O2S2/c1-27(2)15-4-3-10(18(21,22)23)7-14(15)25-13-9-12(20)16(8-11(13)19)31(28,29)26-17-24-5-6-30-17/h5-6,8-10,14-15,25H,3-4,7H2,1-2H3,(H,24,26)/t10?,14-,15-/m0/s1. The maximum Gasteiger partial charge on any atom is 0.391 e. The molecule has 1 heterocycles. The molecule has 1 aliphatic rings. The van der Waals surface area contributed by atoms with E-state index >= 15 is 0 Å². The van der Waals surface area contributed by atoms with Crippen molar-refractivity contribution in [2.45, 2.75) is 42.4 Å². The highest BCUT2D eigenvalue weighted by Gasteiger charge is 2.45. The van der Waals surface area contributed by atoms with Gasteiger partial charge >= 0.3 is 6.18 Å². The number of likely N-dealkylation sites (N-methyl/N-ethyl adjacent to an activating group) is 1. The summed E-state index contributed by atoms with van der Waals surface area (Å²) in [6.45, 7) is 0. The molecular formula is C18H21ClF4N4O2S2. The van der Waals surface area contributed by atoms with Crippen molar-refractivity contribution in [3.63, 3.8) is 0 Å². The Morgan fingerprint density at radius 1 is 1.26 bits per heavy atom. The third-order valence-electron chi connectivity index (χ3n) is 5.25. The van der Waals surface area contributed by atoms with Gasteiger partial charge in [-0.25, -0.2) is 17.8 Å². The van der Waals surface area contributed by atoms with Crippen LogP contribution in [0.1, 0.15) is 19.3 Å². The molecule has 2 aromatic rings. The maximum absolute atomic E-state index is 14.7. The van der Waals surface area contributed by atoms with Crippen molar-refractivity contribution in [2.75, 3.05) is 24.1 Å². The van der Waals surface area contributed by atoms with E-state index in [0.29, 0.717) is 6.42 Å². The third-order valence-corrected chi connectivity index (χ3v) is 7.73. The predicted octanol–water partition coefficient (Wildman–Crippen LogP) is 4.81. The van der Waals surface area contributed by atoms with Gasteiger partial charge in [-0.05, 0) is 45.5 Å². The Balaban J connectivity index is 1.86. The predicted molar refractivity (Wildman–Crippen MR) is 113 cm³/mol. The van der Waals surface area contributed by atoms with Crippen LogP contribution >= 0.6 is 22.9 Å². The molecule has 3 atom stereocenters. The largest absolute Gasteiger partial charge is 0.391 e. The van der Waals surface area contributed by atoms with E-state index in [-0.39, 0.29) is 34.7 Å². The fourth-order valence-electron chi connectivity index (χ4n) is 3.71. The fourth-order valence-corrected chi connectivity index (χ4v) is 5.87. The van der Waals surface area contributed by atoms with Crippen LogP contribution in [0.2, 0.25) is 5.02 Å². The molecule has 172 valence electrons. The van der Waals surface area contributed by atoms with Crippen LogP contribution in [0.3, 0.4) is 0 Å². The molecule has 0 amide bonds. The minimum absolute atomic E-state index is 0.00618. The lowest BCUT2D eigenvalue weighted by atomic mass is 9.81. The zero-order valence-corrected chi connectivity index (χ0v) is 19.0. The van der Waals surface area contributed by atoms with Crippen molar-refractivity contribution in [1.29, 1.82) is 0 Å². The highest BCUT2D eigenvalue weighted by molar-refractivity contribution is 7.93. The van der Waals surface area contributed by atoms with E-state index in [9.17, 15) is 26.0 Å². The Bertz CT molecular complexity index is 1020. The SMILES string of the molecule is CN(C)[C@H]1CCC(C(F)(F)F)C[C@@H]1Nc1cc(F)c(S(=O)(=O)Nc2nccs2)cc1Cl. The first-order chi connectivity index (χ1) is 14.4. The second-order valence-corrected chi connectivity index (χ2v) is 10.5. The summed E-state index contributed by atoms with van der Waals surface area (Å²) in [6.07, 6.45) is -2.83. The lowest BCUT2D eigenvalue weighted by molar-refractivity contribution is -0.185. The molecule has 0 radical (unpaired) electrons. The number of hydrogen-bond donors (Lipinski definition) is 2. The highest BCUT2D eigenvalue weighted by atomic mass is 35.5. The zero-order valence-electron chi connectivity index (χ0n) is 16.6. The molecule has 0 spiro atoms. The van der Waals surface area contributed by atoms with Crippen LogP contribution < -0.4 is 10.0 Å². The Morgan fingerprint density at radius 2 is 1.97 bits per heavy atom. The van der Waals surface area contributed by atoms with Gasteiger partial charge in [-0.1, -0.05) is 11.6 Å². The Labute approximate surface area is 186 Å². The molecule has 1 fully saturated rings. The van der Waals surface area contributed by atoms with Crippen molar-refractivity contribution in [2.24, 2.45) is 5.92 Å². The number of nitrogens with one attached hydrogen (secondary N) is 2. The third kappa shape index (κ3) is 5.60. The minimum atomic E-state index is -4.33. The van der Waals surface area contributed by atoms with Crippen LogP contribution in [-0.4, -0.2) is 50.7 Å². The smallest absolute Gasteiger partial charge is 0.379 e. The van der Waals surface area contributed by atoms with E-state index in [2.05, 4.69) is 15.0 Å². The number of anilines is 2. The van der Waals surface area contributed by atoms with Gasteiger partial charge in [0.1, 0.15) is 10.7 Å². The minimum Gasteiger partial charge on any atom is -0.379 e. The van der Waals surface area contributed by atoms with Gasteiger partial charge < -0.3 is 10.2 Å². The van der Waals surface area contributed by atoms with Crippen LogP contribution in [0, 0.1) is 11.7 Å². The summed E-state index contributed by atoms with van der Waals surface area (Å²) in [5, 5.41) is 4.40. The molecule has 31 heavy (non-hydrogen) atoms. The Kier molecular flexibility index (Phi) is 7.04. The summed E-state index contributed by atoms with van der Waals surface area (Å²) in [7, 11) is -0.766. The number of aromatic nitrogens is 1. The number of alkyl halides is 3. The summed E-state index contributed by atoms with van der Waals surface area (Å²) in [5.74, 6) is -2.56. The quantitative estimate of drug-likeness (QED) is 0.557. The zero-order chi connectivity index (χ0) is 23.0. The van der Waals surface area contributed by atoms with Crippen LogP contribution in [0.25, 0.3) is 0 Å². The molecule has 1 saturated carbocycles. The average Bonchev–Trinajstić information content (AvgIpc) is 3.15. The Hall–Kier alpha value is -1.63. The van der Waals surface area contributed by atoms with Gasteiger partial charge in [0.2, 0.25) is 0 Å². The fraction of sp³-hybridized carbons (Fsp3) is 0.500. The molecule has 13 heteroatoms. The molecule has 3 rings (SSSR count). The van der Waals surface area contributed by atoms with Crippen LogP contribution in [0.5, 0.6) is 0 Å². The topological polar surface area (TPSA) is 74.3 Å². The summed E-state index contributed by atoms with van der Waals surface area (Å²) in [5.41, 5.74) is 0.0343. The molecule has 1 unspecified atom stereocenters. The van der Waals surface area contributed by atoms with Crippen molar-refractivity contribution in [1.82, 2.24) is 9.88 Å². The maximum atomic E-state index is 14.7. The molecule has 1 aliphatic carbocycles. The molecule has 0 bridgehead atoms. The molecule has 6 nitrogen and oxygen atoms in total. The number of benzene rings is 1. The lowest BCUT2D eigenvalue weighted by Gasteiger charge is -2.41. The summed E-state index contributed by atoms with van der Waals surface area (Å²) in [4.78, 5) is 4.92. The molecule has 1 aromatic carbocycles. The van der Waals surface area contributed by atoms with E-state index in [1.165, 1.54) is 6.20 Å². The van der Waals surface area contributed by atoms with E-state index in [0.717, 1.165) is 23.5 Å². The summed E-state index contributed by atoms with van der Waals surface area (Å²) in [6, 6.07) is 0.947. The molecule has 0 aliphatic heterocycles. The number of rotatable bonds is 6. The van der Waals surface area contributed by atoms with E-state index < -0.39 is 38.9 Å². The van der Waals surface area contributed by atoms with Gasteiger partial charge in [-0.3, -0.25) is 4.72 Å². The van der Waals surface area contributed by atoms with E-state index in [1.807, 2.05) is 4.90 Å². The first-order valence-electron chi connectivity index (χ1n) is 9.29. The van der Waals surface area contributed by atoms with Gasteiger partial charge in [0.05, 0.1) is 16.6 Å². The number of thiazole rings is 1. The van der Waals surface area contributed by atoms with Crippen LogP contribution in [0.15, 0.2) is 28.6 Å². The lowest BCUT2D eigenvalue weighted by Crippen LogP contribution is -2.49. The van der Waals surface area contributed by atoms with E-state index in [1.54, 1.807) is 19.5 Å². The van der Waals surface area contributed by atoms with Crippen molar-refractivity contribution in [3.05, 3.63) is 34.5 Å². The number of halogens is 5. The van der Waals surface area contributed by atoms with Crippen molar-refractivity contribution in [3.8, 4) is 0 Å². The van der Waals surface area contributed by atoms with Gasteiger partial charge in [0, 0.05) is 23.7 Å². The monoisotopic (exact) mass is 500 g/mol. The van der Waals surface area contributed by atoms with Gasteiger partial charge in [-0.15, -0.1) is 11.3 Å². The highest BCUT2D eigenvalue weighted by Crippen LogP contribution is 2.40. The van der Waals surface area contributed by atoms with Gasteiger partial charge in [0.15, 0.2) is 5.13 Å². The second kappa shape index (κ2) is 9.08. The normalized spacial score (nSPS) is 22.5. The molecule has 0 saturated heterocycles. The summed E-state index contributed by atoms with van der Waals surface area (Å²) < 4.78 is 81.6. The number of sulfonamides is 1. The summed E-state index contributed by atoms with van der Waals surface area (Å²) >= 11 is 7.21. The van der Waals surface area contributed by atoms with Crippen molar-refractivity contribution < 1.29 is 26.0 Å². The second-order valence-electron chi connectivity index (χ2n) is 7.54. The van der Waals surface area contributed by atoms with Gasteiger partial charge in [0.25, 0.3) is 10.0 Å². The van der Waals surface area contributed by atoms with Crippen LogP contribution in [-0.2, 0) is 10.0 Å². The van der Waals surface area contributed by atoms with Gasteiger partial charge in [-0.2, -0.15) is 13.2 Å². The van der Waals surface area contributed by atoms with Crippen LogP contribution in [0.4, 0.5) is 28.4 Å². The first-order valence-corrected chi connectivity index (χ1v) is 12.0. The number of nitrogens with zero attached hydrogens (tertiary/aromatic N) is 2. The molecular weight excluding hydrogens is 480 g/mol. The Morgan fingerprint density at radius 3 is 2.55 bits per heavy atom. The average molecular weight is 501 g/mol. The first kappa shape index (κ1) is 24.0.